The van der Waals surface area contributed by atoms with Gasteiger partial charge in [-0.2, -0.15) is 0 Å². The van der Waals surface area contributed by atoms with E-state index in [1.807, 2.05) is 13.8 Å². The van der Waals surface area contributed by atoms with E-state index in [0.29, 0.717) is 22.8 Å². The van der Waals surface area contributed by atoms with Gasteiger partial charge in [-0.25, -0.2) is 9.97 Å². The fraction of sp³-hybridized carbons (Fsp3) is 0.368. The molecular formula is C19H23ClN4O2. The van der Waals surface area contributed by atoms with Crippen molar-refractivity contribution in [3.05, 3.63) is 58.6 Å². The highest BCUT2D eigenvalue weighted by Crippen LogP contribution is 2.11. The van der Waals surface area contributed by atoms with Gasteiger partial charge in [0.05, 0.1) is 12.2 Å². The number of aryl methyl sites for hydroxylation is 1. The molecule has 2 N–H and O–H groups in total. The molecule has 1 aromatic heterocycles. The number of halogens is 1. The lowest BCUT2D eigenvalue weighted by atomic mass is 10.0. The van der Waals surface area contributed by atoms with E-state index in [9.17, 15) is 9.59 Å². The molecule has 0 radical (unpaired) electrons. The number of nitrogens with one attached hydrogen (secondary N) is 2. The fourth-order valence-corrected chi connectivity index (χ4v) is 2.58. The summed E-state index contributed by atoms with van der Waals surface area (Å²) in [5.74, 6) is 0.349. The maximum Gasteiger partial charge on any atom is 0.251 e. The Morgan fingerprint density at radius 1 is 1.15 bits per heavy atom. The molecular weight excluding hydrogens is 352 g/mol. The van der Waals surface area contributed by atoms with Crippen LogP contribution in [0.4, 0.5) is 0 Å². The lowest BCUT2D eigenvalue weighted by molar-refractivity contribution is -0.123. The highest BCUT2D eigenvalue weighted by molar-refractivity contribution is 6.30. The molecule has 0 bridgehead atoms. The maximum atomic E-state index is 12.6. The summed E-state index contributed by atoms with van der Waals surface area (Å²) in [4.78, 5) is 33.3. The number of rotatable bonds is 7. The molecule has 6 nitrogen and oxygen atoms in total. The summed E-state index contributed by atoms with van der Waals surface area (Å²) in [6.07, 6.45) is 2.19. The van der Waals surface area contributed by atoms with Gasteiger partial charge in [0.1, 0.15) is 11.9 Å². The molecule has 0 saturated carbocycles. The van der Waals surface area contributed by atoms with Crippen LogP contribution in [0, 0.1) is 12.8 Å². The Bertz CT molecular complexity index is 762. The molecule has 26 heavy (non-hydrogen) atoms. The SMILES string of the molecule is Cc1nccc(CNC(=O)C(CC(C)C)NC(=O)c2ccc(Cl)cc2)n1. The van der Waals surface area contributed by atoms with E-state index in [1.54, 1.807) is 43.5 Å². The normalized spacial score (nSPS) is 11.9. The molecule has 0 spiro atoms. The molecule has 1 heterocycles. The minimum Gasteiger partial charge on any atom is -0.349 e. The molecule has 2 aromatic rings. The number of nitrogens with zero attached hydrogens (tertiary/aromatic N) is 2. The van der Waals surface area contributed by atoms with Crippen molar-refractivity contribution in [2.24, 2.45) is 5.92 Å². The Balaban J connectivity index is 2.01. The van der Waals surface area contributed by atoms with E-state index in [0.717, 1.165) is 5.69 Å². The van der Waals surface area contributed by atoms with E-state index in [2.05, 4.69) is 20.6 Å². The quantitative estimate of drug-likeness (QED) is 0.780. The zero-order valence-corrected chi connectivity index (χ0v) is 15.9. The number of aromatic nitrogens is 2. The summed E-state index contributed by atoms with van der Waals surface area (Å²) >= 11 is 5.85. The highest BCUT2D eigenvalue weighted by Gasteiger charge is 2.22. The van der Waals surface area contributed by atoms with E-state index in [1.165, 1.54) is 0 Å². The molecule has 1 aromatic carbocycles. The number of hydrogen-bond donors (Lipinski definition) is 2. The standard InChI is InChI=1S/C19H23ClN4O2/c1-12(2)10-17(24-18(25)14-4-6-15(20)7-5-14)19(26)22-11-16-8-9-21-13(3)23-16/h4-9,12,17H,10-11H2,1-3H3,(H,22,26)(H,24,25). The van der Waals surface area contributed by atoms with Crippen LogP contribution < -0.4 is 10.6 Å². The van der Waals surface area contributed by atoms with Gasteiger partial charge in [-0.1, -0.05) is 25.4 Å². The molecule has 138 valence electrons. The van der Waals surface area contributed by atoms with Crippen LogP contribution in [-0.4, -0.2) is 27.8 Å². The second-order valence-electron chi connectivity index (χ2n) is 6.48. The second-order valence-corrected chi connectivity index (χ2v) is 6.91. The first-order valence-electron chi connectivity index (χ1n) is 8.48. The van der Waals surface area contributed by atoms with Gasteiger partial charge in [-0.3, -0.25) is 9.59 Å². The van der Waals surface area contributed by atoms with Crippen LogP contribution in [0.15, 0.2) is 36.5 Å². The fourth-order valence-electron chi connectivity index (χ4n) is 2.45. The minimum absolute atomic E-state index is 0.239. The van der Waals surface area contributed by atoms with Gasteiger partial charge in [-0.15, -0.1) is 0 Å². The van der Waals surface area contributed by atoms with Crippen molar-refractivity contribution in [1.29, 1.82) is 0 Å². The van der Waals surface area contributed by atoms with Crippen molar-refractivity contribution in [1.82, 2.24) is 20.6 Å². The number of carbonyl (C=O) groups is 2. The number of carbonyl (C=O) groups excluding carboxylic acids is 2. The molecule has 0 saturated heterocycles. The molecule has 2 amide bonds. The summed E-state index contributed by atoms with van der Waals surface area (Å²) in [5.41, 5.74) is 1.18. The lowest BCUT2D eigenvalue weighted by Crippen LogP contribution is -2.47. The largest absolute Gasteiger partial charge is 0.349 e. The number of amides is 2. The summed E-state index contributed by atoms with van der Waals surface area (Å²) < 4.78 is 0. The van der Waals surface area contributed by atoms with Crippen LogP contribution in [0.3, 0.4) is 0 Å². The van der Waals surface area contributed by atoms with E-state index >= 15 is 0 Å². The molecule has 0 aliphatic carbocycles. The summed E-state index contributed by atoms with van der Waals surface area (Å²) in [5, 5.41) is 6.19. The van der Waals surface area contributed by atoms with Gasteiger partial charge in [0.15, 0.2) is 0 Å². The Morgan fingerprint density at radius 2 is 1.85 bits per heavy atom. The van der Waals surface area contributed by atoms with Crippen molar-refractivity contribution < 1.29 is 9.59 Å². The van der Waals surface area contributed by atoms with Gasteiger partial charge in [0.2, 0.25) is 5.91 Å². The average molecular weight is 375 g/mol. The lowest BCUT2D eigenvalue weighted by Gasteiger charge is -2.20. The Labute approximate surface area is 158 Å². The van der Waals surface area contributed by atoms with Gasteiger partial charge in [-0.05, 0) is 49.6 Å². The maximum absolute atomic E-state index is 12.6. The van der Waals surface area contributed by atoms with E-state index in [-0.39, 0.29) is 24.3 Å². The molecule has 0 aliphatic rings. The minimum atomic E-state index is -0.624. The summed E-state index contributed by atoms with van der Waals surface area (Å²) in [6, 6.07) is 7.67. The monoisotopic (exact) mass is 374 g/mol. The molecule has 1 atom stereocenters. The third-order valence-corrected chi connectivity index (χ3v) is 3.96. The van der Waals surface area contributed by atoms with Gasteiger partial charge >= 0.3 is 0 Å². The second kappa shape index (κ2) is 9.29. The first-order valence-corrected chi connectivity index (χ1v) is 8.85. The predicted octanol–water partition coefficient (Wildman–Crippen LogP) is 2.90. The first kappa shape index (κ1) is 19.8. The Hall–Kier alpha value is -2.47. The van der Waals surface area contributed by atoms with Crippen molar-refractivity contribution in [3.63, 3.8) is 0 Å². The van der Waals surface area contributed by atoms with Crippen LogP contribution in [0.1, 0.15) is 42.1 Å². The molecule has 1 unspecified atom stereocenters. The van der Waals surface area contributed by atoms with Crippen molar-refractivity contribution >= 4 is 23.4 Å². The smallest absolute Gasteiger partial charge is 0.251 e. The van der Waals surface area contributed by atoms with Crippen LogP contribution in [0.2, 0.25) is 5.02 Å². The van der Waals surface area contributed by atoms with E-state index < -0.39 is 6.04 Å². The molecule has 2 rings (SSSR count). The predicted molar refractivity (Wildman–Crippen MR) is 101 cm³/mol. The highest BCUT2D eigenvalue weighted by atomic mass is 35.5. The van der Waals surface area contributed by atoms with Gasteiger partial charge < -0.3 is 10.6 Å². The zero-order valence-electron chi connectivity index (χ0n) is 15.1. The van der Waals surface area contributed by atoms with E-state index in [4.69, 9.17) is 11.6 Å². The third kappa shape index (κ3) is 6.11. The van der Waals surface area contributed by atoms with Crippen molar-refractivity contribution in [2.45, 2.75) is 39.8 Å². The molecule has 0 aliphatic heterocycles. The average Bonchev–Trinajstić information content (AvgIpc) is 2.59. The van der Waals surface area contributed by atoms with Gasteiger partial charge in [0.25, 0.3) is 5.91 Å². The third-order valence-electron chi connectivity index (χ3n) is 3.71. The molecule has 0 fully saturated rings. The summed E-state index contributed by atoms with van der Waals surface area (Å²) in [7, 11) is 0. The zero-order chi connectivity index (χ0) is 19.1. The van der Waals surface area contributed by atoms with Crippen LogP contribution >= 0.6 is 11.6 Å². The van der Waals surface area contributed by atoms with Crippen molar-refractivity contribution in [2.75, 3.05) is 0 Å². The van der Waals surface area contributed by atoms with Crippen molar-refractivity contribution in [3.8, 4) is 0 Å². The number of hydrogen-bond acceptors (Lipinski definition) is 4. The Morgan fingerprint density at radius 3 is 2.46 bits per heavy atom. The topological polar surface area (TPSA) is 84.0 Å². The molecule has 7 heteroatoms. The summed E-state index contributed by atoms with van der Waals surface area (Å²) in [6.45, 7) is 6.08. The Kier molecular flexibility index (Phi) is 7.09. The number of benzene rings is 1. The van der Waals surface area contributed by atoms with Crippen LogP contribution in [-0.2, 0) is 11.3 Å². The van der Waals surface area contributed by atoms with Crippen LogP contribution in [0.5, 0.6) is 0 Å². The van der Waals surface area contributed by atoms with Gasteiger partial charge in [0, 0.05) is 16.8 Å². The van der Waals surface area contributed by atoms with Crippen LogP contribution in [0.25, 0.3) is 0 Å². The first-order chi connectivity index (χ1) is 12.3.